The van der Waals surface area contributed by atoms with Gasteiger partial charge in [-0.15, -0.1) is 17.6 Å². The fourth-order valence-electron chi connectivity index (χ4n) is 2.59. The lowest BCUT2D eigenvalue weighted by Gasteiger charge is -2.44. The van der Waals surface area contributed by atoms with Gasteiger partial charge in [-0.2, -0.15) is 101 Å². The van der Waals surface area contributed by atoms with E-state index >= 15 is 0 Å². The van der Waals surface area contributed by atoms with Gasteiger partial charge in [0, 0.05) is 0 Å². The third-order valence-electron chi connectivity index (χ3n) is 4.96. The number of rotatable bonds is 9. The molecule has 0 aliphatic heterocycles. The molecule has 0 bridgehead atoms. The maximum Gasteiger partial charge on any atom is 0.572 e. The molecule has 0 saturated heterocycles. The molecule has 0 aliphatic rings. The maximum absolute atomic E-state index is 13.9. The number of nitrogens with zero attached hydrogens (tertiary/aromatic N) is 2. The van der Waals surface area contributed by atoms with Crippen LogP contribution in [0.25, 0.3) is 0 Å². The maximum atomic E-state index is 13.9. The quantitative estimate of drug-likeness (QED) is 0.183. The van der Waals surface area contributed by atoms with Crippen molar-refractivity contribution in [1.29, 1.82) is 0 Å². The van der Waals surface area contributed by atoms with Crippen molar-refractivity contribution < 1.29 is 123 Å². The van der Waals surface area contributed by atoms with Gasteiger partial charge < -0.3 is 0 Å². The Kier molecular flexibility index (Phi) is 8.39. The molecule has 0 unspecified atom stereocenters. The summed E-state index contributed by atoms with van der Waals surface area (Å²) in [6, 6.07) is -8.37. The minimum absolute atomic E-state index is 3.02. The van der Waals surface area contributed by atoms with Gasteiger partial charge in [-0.1, -0.05) is 9.13 Å². The van der Waals surface area contributed by atoms with Crippen LogP contribution in [-0.4, -0.2) is 58.1 Å². The minimum atomic E-state index is -9.61. The number of halogens is 27. The summed E-state index contributed by atoms with van der Waals surface area (Å²) in [6.07, 6.45) is -19.7. The fraction of sp³-hybridized carbons (Fsp3) is 0.786. The molecule has 1 heterocycles. The van der Waals surface area contributed by atoms with Crippen molar-refractivity contribution in [3.8, 4) is 0 Å². The smallest absolute Gasteiger partial charge is 0.192 e. The Morgan fingerprint density at radius 1 is 0.372 bits per heavy atom. The van der Waals surface area contributed by atoms with Crippen LogP contribution in [0.4, 0.5) is 119 Å². The standard InChI is InChI=1S/C14F27N2/c15-1-2(16)43(14(39,40)41)3(17)42(1)13(37,38)11(32,33)9(28,29)7(24,25)5(20,21)4(18,19)6(22,23)8(26,27)10(30,31)12(34,35)36/q+1. The zero-order chi connectivity index (χ0) is 35.4. The highest BCUT2D eigenvalue weighted by atomic mass is 19.4. The van der Waals surface area contributed by atoms with E-state index in [9.17, 15) is 119 Å². The third kappa shape index (κ3) is 4.50. The molecular formula is C14F27N2+. The molecule has 0 radical (unpaired) electrons. The Hall–Kier alpha value is -2.68. The zero-order valence-corrected chi connectivity index (χ0v) is 18.1. The summed E-state index contributed by atoms with van der Waals surface area (Å²) < 4.78 is 350. The van der Waals surface area contributed by atoms with Crippen molar-refractivity contribution >= 4 is 0 Å². The molecule has 254 valence electrons. The van der Waals surface area contributed by atoms with E-state index in [1.807, 2.05) is 0 Å². The van der Waals surface area contributed by atoms with Crippen molar-refractivity contribution in [2.75, 3.05) is 0 Å². The molecule has 0 fully saturated rings. The molecular weight excluding hydrogens is 709 g/mol. The minimum Gasteiger partial charge on any atom is -0.192 e. The Bertz CT molecular complexity index is 1210. The first-order valence-corrected chi connectivity index (χ1v) is 8.94. The number of hydrogen-bond donors (Lipinski definition) is 0. The lowest BCUT2D eigenvalue weighted by Crippen LogP contribution is -2.77. The molecule has 1 rings (SSSR count). The number of hydrogen-bond acceptors (Lipinski definition) is 0. The van der Waals surface area contributed by atoms with Gasteiger partial charge in [-0.3, -0.25) is 0 Å². The molecule has 0 atom stereocenters. The van der Waals surface area contributed by atoms with Crippen LogP contribution < -0.4 is 4.57 Å². The van der Waals surface area contributed by atoms with E-state index in [2.05, 4.69) is 0 Å². The highest BCUT2D eigenvalue weighted by Crippen LogP contribution is 2.66. The van der Waals surface area contributed by atoms with Gasteiger partial charge >= 0.3 is 83.9 Å². The van der Waals surface area contributed by atoms with Crippen molar-refractivity contribution in [2.24, 2.45) is 0 Å². The van der Waals surface area contributed by atoms with E-state index in [0.717, 1.165) is 0 Å². The number of alkyl halides is 24. The van der Waals surface area contributed by atoms with Crippen molar-refractivity contribution in [1.82, 2.24) is 4.57 Å². The highest BCUT2D eigenvalue weighted by Gasteiger charge is 2.98. The summed E-state index contributed by atoms with van der Waals surface area (Å²) in [5.74, 6) is -83.0. The van der Waals surface area contributed by atoms with Crippen LogP contribution in [0, 0.1) is 18.0 Å². The molecule has 43 heavy (non-hydrogen) atoms. The molecule has 0 saturated carbocycles. The predicted octanol–water partition coefficient (Wildman–Crippen LogP) is 7.86. The second kappa shape index (κ2) is 9.41. The van der Waals surface area contributed by atoms with Crippen LogP contribution in [0.1, 0.15) is 0 Å². The van der Waals surface area contributed by atoms with Gasteiger partial charge in [0.05, 0.1) is 0 Å². The predicted molar refractivity (Wildman–Crippen MR) is 71.6 cm³/mol. The summed E-state index contributed by atoms with van der Waals surface area (Å²) in [5.41, 5.74) is 0. The normalized spacial score (nSPS) is 16.3. The molecule has 0 N–H and O–H groups in total. The van der Waals surface area contributed by atoms with Gasteiger partial charge in [0.2, 0.25) is 0 Å². The Balaban J connectivity index is 4.00. The van der Waals surface area contributed by atoms with Crippen LogP contribution >= 0.6 is 0 Å². The molecule has 0 aliphatic carbocycles. The molecule has 29 heteroatoms. The Morgan fingerprint density at radius 3 is 0.860 bits per heavy atom. The van der Waals surface area contributed by atoms with Crippen molar-refractivity contribution in [3.05, 3.63) is 18.0 Å². The van der Waals surface area contributed by atoms with E-state index < -0.39 is 93.0 Å². The molecule has 1 aromatic rings. The van der Waals surface area contributed by atoms with Gasteiger partial charge in [0.1, 0.15) is 0 Å². The first-order valence-electron chi connectivity index (χ1n) is 8.94. The summed E-state index contributed by atoms with van der Waals surface area (Å²) in [4.78, 5) is 0. The monoisotopic (exact) mass is 709 g/mol. The van der Waals surface area contributed by atoms with Crippen molar-refractivity contribution in [2.45, 2.75) is 65.9 Å². The van der Waals surface area contributed by atoms with E-state index in [0.29, 0.717) is 0 Å². The lowest BCUT2D eigenvalue weighted by molar-refractivity contribution is -0.890. The van der Waals surface area contributed by atoms with Crippen LogP contribution in [0.5, 0.6) is 0 Å². The zero-order valence-electron chi connectivity index (χ0n) is 18.1. The second-order valence-corrected chi connectivity index (χ2v) is 7.62. The van der Waals surface area contributed by atoms with Crippen molar-refractivity contribution in [3.63, 3.8) is 0 Å². The summed E-state index contributed by atoms with van der Waals surface area (Å²) >= 11 is 0. The summed E-state index contributed by atoms with van der Waals surface area (Å²) in [7, 11) is 0. The van der Waals surface area contributed by atoms with Crippen LogP contribution in [0.15, 0.2) is 0 Å². The summed E-state index contributed by atoms with van der Waals surface area (Å²) in [6.45, 7) is 0. The molecule has 0 amide bonds. The SMILES string of the molecule is Fc1c(F)[n+](C(F)(F)F)c(F)n1C(F)(F)C(F)(F)C(F)(F)C(F)(F)C(F)(F)C(F)(F)C(F)(F)C(F)(F)C(F)(F)C(F)(F)F. The van der Waals surface area contributed by atoms with E-state index in [1.54, 1.807) is 0 Å². The topological polar surface area (TPSA) is 8.81 Å². The fourth-order valence-corrected chi connectivity index (χ4v) is 2.59. The van der Waals surface area contributed by atoms with Crippen LogP contribution in [0.2, 0.25) is 0 Å². The molecule has 0 spiro atoms. The van der Waals surface area contributed by atoms with E-state index in [-0.39, 0.29) is 0 Å². The van der Waals surface area contributed by atoms with Crippen LogP contribution in [0.3, 0.4) is 0 Å². The van der Waals surface area contributed by atoms with Gasteiger partial charge in [0.25, 0.3) is 0 Å². The van der Waals surface area contributed by atoms with E-state index in [4.69, 9.17) is 0 Å². The highest BCUT2D eigenvalue weighted by molar-refractivity contribution is 5.17. The number of aromatic nitrogens is 2. The molecule has 2 nitrogen and oxygen atoms in total. The van der Waals surface area contributed by atoms with Gasteiger partial charge in [-0.25, -0.2) is 0 Å². The second-order valence-electron chi connectivity index (χ2n) is 7.62. The number of imidazole rings is 1. The first-order chi connectivity index (χ1) is 18.2. The van der Waals surface area contributed by atoms with Gasteiger partial charge in [-0.05, 0) is 0 Å². The molecule has 0 aromatic carbocycles. The third-order valence-corrected chi connectivity index (χ3v) is 4.96. The van der Waals surface area contributed by atoms with Crippen LogP contribution in [-0.2, 0) is 12.3 Å². The Labute approximate surface area is 213 Å². The average Bonchev–Trinajstić information content (AvgIpc) is 2.99. The first kappa shape index (κ1) is 38.3. The lowest BCUT2D eigenvalue weighted by atomic mass is 9.87. The summed E-state index contributed by atoms with van der Waals surface area (Å²) in [5, 5.41) is 0. The largest absolute Gasteiger partial charge is 0.572 e. The van der Waals surface area contributed by atoms with Gasteiger partial charge in [0.15, 0.2) is 0 Å². The average molecular weight is 709 g/mol. The van der Waals surface area contributed by atoms with E-state index in [1.165, 1.54) is 0 Å². The molecule has 1 aromatic heterocycles. The Morgan fingerprint density at radius 2 is 0.628 bits per heavy atom.